The zero-order valence-electron chi connectivity index (χ0n) is 12.0. The summed E-state index contributed by atoms with van der Waals surface area (Å²) < 4.78 is 18.1. The van der Waals surface area contributed by atoms with Crippen LogP contribution in [-0.4, -0.2) is 49.3 Å². The monoisotopic (exact) mass is 298 g/mol. The van der Waals surface area contributed by atoms with Crippen molar-refractivity contribution >= 4 is 12.0 Å². The summed E-state index contributed by atoms with van der Waals surface area (Å²) in [4.78, 5) is 23.5. The van der Waals surface area contributed by atoms with Crippen LogP contribution < -0.4 is 5.32 Å². The Balaban J connectivity index is 2.49. The van der Waals surface area contributed by atoms with Crippen molar-refractivity contribution in [1.82, 2.24) is 10.2 Å². The van der Waals surface area contributed by atoms with Gasteiger partial charge in [0.2, 0.25) is 0 Å². The number of carbonyl (C=O) groups is 2. The van der Waals surface area contributed by atoms with Crippen molar-refractivity contribution in [2.24, 2.45) is 0 Å². The van der Waals surface area contributed by atoms with Crippen LogP contribution >= 0.6 is 0 Å². The van der Waals surface area contributed by atoms with E-state index in [9.17, 15) is 14.0 Å². The zero-order chi connectivity index (χ0) is 15.8. The van der Waals surface area contributed by atoms with Crippen molar-refractivity contribution in [2.75, 3.05) is 27.2 Å². The van der Waals surface area contributed by atoms with Crippen LogP contribution in [0, 0.1) is 5.82 Å². The second-order valence-electron chi connectivity index (χ2n) is 4.53. The van der Waals surface area contributed by atoms with Gasteiger partial charge < -0.3 is 20.1 Å². The molecular weight excluding hydrogens is 279 g/mol. The number of aliphatic carboxylic acids is 1. The fourth-order valence-electron chi connectivity index (χ4n) is 1.69. The Kier molecular flexibility index (Phi) is 6.61. The summed E-state index contributed by atoms with van der Waals surface area (Å²) in [5, 5.41) is 11.2. The van der Waals surface area contributed by atoms with E-state index in [-0.39, 0.29) is 31.4 Å². The number of benzene rings is 1. The number of ether oxygens (including phenoxy) is 1. The first kappa shape index (κ1) is 16.9. The van der Waals surface area contributed by atoms with Gasteiger partial charge in [-0.25, -0.2) is 9.18 Å². The molecule has 0 aliphatic carbocycles. The summed E-state index contributed by atoms with van der Waals surface area (Å²) in [6.07, 6.45) is -0.516. The third-order valence-electron chi connectivity index (χ3n) is 2.97. The van der Waals surface area contributed by atoms with E-state index in [0.29, 0.717) is 0 Å². The third kappa shape index (κ3) is 5.78. The lowest BCUT2D eigenvalue weighted by Gasteiger charge is -2.20. The molecule has 2 N–H and O–H groups in total. The average molecular weight is 298 g/mol. The summed E-state index contributed by atoms with van der Waals surface area (Å²) in [5.74, 6) is -1.30. The summed E-state index contributed by atoms with van der Waals surface area (Å²) in [5.41, 5.74) is 0.743. The van der Waals surface area contributed by atoms with E-state index in [1.807, 2.05) is 0 Å². The van der Waals surface area contributed by atoms with E-state index in [0.717, 1.165) is 5.56 Å². The smallest absolute Gasteiger partial charge is 0.317 e. The fourth-order valence-corrected chi connectivity index (χ4v) is 1.69. The predicted octanol–water partition coefficient (Wildman–Crippen LogP) is 1.63. The minimum absolute atomic E-state index is 0.115. The second-order valence-corrected chi connectivity index (χ2v) is 4.53. The molecule has 0 bridgehead atoms. The molecule has 116 valence electrons. The molecule has 0 heterocycles. The maximum absolute atomic E-state index is 12.9. The average Bonchev–Trinajstić information content (AvgIpc) is 2.46. The van der Waals surface area contributed by atoms with Gasteiger partial charge in [0.05, 0.1) is 12.5 Å². The largest absolute Gasteiger partial charge is 0.481 e. The molecule has 0 aliphatic rings. The van der Waals surface area contributed by atoms with Gasteiger partial charge in [0.25, 0.3) is 0 Å². The number of nitrogens with zero attached hydrogens (tertiary/aromatic N) is 1. The number of carbonyl (C=O) groups excluding carboxylic acids is 1. The first-order valence-corrected chi connectivity index (χ1v) is 6.43. The minimum atomic E-state index is -0.962. The van der Waals surface area contributed by atoms with Crippen molar-refractivity contribution in [3.8, 4) is 0 Å². The molecule has 0 fully saturated rings. The molecule has 0 spiro atoms. The molecule has 0 radical (unpaired) electrons. The highest BCUT2D eigenvalue weighted by atomic mass is 19.1. The Bertz CT molecular complexity index is 478. The molecule has 1 rings (SSSR count). The standard InChI is InChI=1S/C14H19FN2O4/c1-17(8-7-13(18)19)14(20)16-9-12(21-2)10-3-5-11(15)6-4-10/h3-6,12H,7-9H2,1-2H3,(H,16,20)(H,18,19). The van der Waals surface area contributed by atoms with E-state index in [1.165, 1.54) is 31.2 Å². The van der Waals surface area contributed by atoms with Crippen LogP contribution in [0.15, 0.2) is 24.3 Å². The molecule has 7 heteroatoms. The highest BCUT2D eigenvalue weighted by Crippen LogP contribution is 2.16. The van der Waals surface area contributed by atoms with Crippen molar-refractivity contribution in [3.63, 3.8) is 0 Å². The van der Waals surface area contributed by atoms with Crippen molar-refractivity contribution in [3.05, 3.63) is 35.6 Å². The highest BCUT2D eigenvalue weighted by molar-refractivity contribution is 5.75. The van der Waals surface area contributed by atoms with Crippen LogP contribution in [-0.2, 0) is 9.53 Å². The van der Waals surface area contributed by atoms with E-state index in [2.05, 4.69) is 5.32 Å². The number of amides is 2. The molecule has 1 atom stereocenters. The lowest BCUT2D eigenvalue weighted by atomic mass is 10.1. The van der Waals surface area contributed by atoms with Crippen LogP contribution in [0.1, 0.15) is 18.1 Å². The van der Waals surface area contributed by atoms with Gasteiger partial charge in [-0.1, -0.05) is 12.1 Å². The zero-order valence-corrected chi connectivity index (χ0v) is 12.0. The molecular formula is C14H19FN2O4. The van der Waals surface area contributed by atoms with Gasteiger partial charge in [-0.05, 0) is 17.7 Å². The summed E-state index contributed by atoms with van der Waals surface area (Å²) in [6.45, 7) is 0.327. The SMILES string of the molecule is COC(CNC(=O)N(C)CCC(=O)O)c1ccc(F)cc1. The number of nitrogens with one attached hydrogen (secondary N) is 1. The number of rotatable bonds is 7. The number of urea groups is 1. The van der Waals surface area contributed by atoms with Crippen molar-refractivity contribution in [2.45, 2.75) is 12.5 Å². The first-order valence-electron chi connectivity index (χ1n) is 6.43. The Hall–Kier alpha value is -2.15. The topological polar surface area (TPSA) is 78.9 Å². The Morgan fingerprint density at radius 1 is 1.38 bits per heavy atom. The molecule has 0 aromatic heterocycles. The molecule has 1 aromatic carbocycles. The quantitative estimate of drug-likeness (QED) is 0.802. The molecule has 21 heavy (non-hydrogen) atoms. The number of hydrogen-bond acceptors (Lipinski definition) is 3. The Labute approximate surface area is 122 Å². The summed E-state index contributed by atoms with van der Waals surface area (Å²) in [6, 6.07) is 5.43. The van der Waals surface area contributed by atoms with Gasteiger partial charge >= 0.3 is 12.0 Å². The minimum Gasteiger partial charge on any atom is -0.481 e. The number of methoxy groups -OCH3 is 1. The van der Waals surface area contributed by atoms with E-state index in [4.69, 9.17) is 9.84 Å². The second kappa shape index (κ2) is 8.21. The Morgan fingerprint density at radius 3 is 2.52 bits per heavy atom. The van der Waals surface area contributed by atoms with Crippen molar-refractivity contribution < 1.29 is 23.8 Å². The molecule has 0 aliphatic heterocycles. The lowest BCUT2D eigenvalue weighted by molar-refractivity contribution is -0.137. The molecule has 1 aromatic rings. The van der Waals surface area contributed by atoms with Crippen LogP contribution in [0.25, 0.3) is 0 Å². The fraction of sp³-hybridized carbons (Fsp3) is 0.429. The van der Waals surface area contributed by atoms with Crippen molar-refractivity contribution in [1.29, 1.82) is 0 Å². The number of hydrogen-bond donors (Lipinski definition) is 2. The third-order valence-corrected chi connectivity index (χ3v) is 2.97. The van der Waals surface area contributed by atoms with E-state index in [1.54, 1.807) is 12.1 Å². The molecule has 0 saturated heterocycles. The number of halogens is 1. The number of carboxylic acid groups (broad SMARTS) is 1. The maximum Gasteiger partial charge on any atom is 0.317 e. The van der Waals surface area contributed by atoms with E-state index >= 15 is 0 Å². The lowest BCUT2D eigenvalue weighted by Crippen LogP contribution is -2.40. The number of carboxylic acids is 1. The van der Waals surface area contributed by atoms with Gasteiger partial charge in [-0.2, -0.15) is 0 Å². The maximum atomic E-state index is 12.9. The molecule has 6 nitrogen and oxygen atoms in total. The summed E-state index contributed by atoms with van der Waals surface area (Å²) in [7, 11) is 3.01. The van der Waals surface area contributed by atoms with Gasteiger partial charge in [-0.15, -0.1) is 0 Å². The predicted molar refractivity (Wildman–Crippen MR) is 74.4 cm³/mol. The van der Waals surface area contributed by atoms with Crippen LogP contribution in [0.3, 0.4) is 0 Å². The Morgan fingerprint density at radius 2 is 2.00 bits per heavy atom. The molecule has 0 saturated carbocycles. The molecule has 2 amide bonds. The first-order chi connectivity index (χ1) is 9.93. The van der Waals surface area contributed by atoms with Crippen LogP contribution in [0.4, 0.5) is 9.18 Å². The van der Waals surface area contributed by atoms with Gasteiger partial charge in [-0.3, -0.25) is 4.79 Å². The van der Waals surface area contributed by atoms with Gasteiger partial charge in [0.15, 0.2) is 0 Å². The van der Waals surface area contributed by atoms with E-state index < -0.39 is 12.1 Å². The highest BCUT2D eigenvalue weighted by Gasteiger charge is 2.14. The van der Waals surface area contributed by atoms with Crippen LogP contribution in [0.2, 0.25) is 0 Å². The van der Waals surface area contributed by atoms with Gasteiger partial charge in [0, 0.05) is 27.2 Å². The molecule has 1 unspecified atom stereocenters. The normalized spacial score (nSPS) is 11.8. The van der Waals surface area contributed by atoms with Crippen LogP contribution in [0.5, 0.6) is 0 Å². The van der Waals surface area contributed by atoms with Gasteiger partial charge in [0.1, 0.15) is 5.82 Å². The summed E-state index contributed by atoms with van der Waals surface area (Å²) >= 11 is 0.